The van der Waals surface area contributed by atoms with Gasteiger partial charge in [-0.25, -0.2) is 4.79 Å². The highest BCUT2D eigenvalue weighted by molar-refractivity contribution is 8.03. The average Bonchev–Trinajstić information content (AvgIpc) is 3.56. The van der Waals surface area contributed by atoms with Gasteiger partial charge in [-0.2, -0.15) is 0 Å². The highest BCUT2D eigenvalue weighted by atomic mass is 32.2. The van der Waals surface area contributed by atoms with Crippen LogP contribution in [0.3, 0.4) is 0 Å². The number of nitrogens with two attached hydrogens (primary N) is 1. The molecule has 4 heterocycles. The number of thiocarbonyl (C=S) groups is 1. The third-order valence-electron chi connectivity index (χ3n) is 7.37. The molecule has 3 N–H and O–H groups in total. The van der Waals surface area contributed by atoms with Crippen molar-refractivity contribution in [3.8, 4) is 17.2 Å². The Kier molecular flexibility index (Phi) is 7.31. The van der Waals surface area contributed by atoms with Crippen LogP contribution in [0.15, 0.2) is 28.8 Å². The first-order valence-electron chi connectivity index (χ1n) is 12.6. The highest BCUT2D eigenvalue weighted by Crippen LogP contribution is 2.52. The van der Waals surface area contributed by atoms with Gasteiger partial charge in [0.15, 0.2) is 11.5 Å². The van der Waals surface area contributed by atoms with E-state index < -0.39 is 30.0 Å². The van der Waals surface area contributed by atoms with Crippen LogP contribution >= 0.6 is 24.0 Å². The largest absolute Gasteiger partial charge is 0.461 e. The molecular formula is C26H31N3O7S2. The lowest BCUT2D eigenvalue weighted by molar-refractivity contribution is -0.173. The van der Waals surface area contributed by atoms with Crippen LogP contribution in [-0.2, 0) is 19.1 Å². The van der Waals surface area contributed by atoms with Crippen molar-refractivity contribution in [2.75, 3.05) is 13.3 Å². The number of carbonyl (C=O) groups excluding carboxylic acids is 3. The van der Waals surface area contributed by atoms with Crippen LogP contribution in [0.5, 0.6) is 17.2 Å². The summed E-state index contributed by atoms with van der Waals surface area (Å²) < 4.78 is 22.1. The molecule has 4 aliphatic heterocycles. The van der Waals surface area contributed by atoms with E-state index in [0.29, 0.717) is 24.5 Å². The number of benzene rings is 1. The number of nitrogens with one attached hydrogen (secondary N) is 1. The lowest BCUT2D eigenvalue weighted by atomic mass is 9.79. The van der Waals surface area contributed by atoms with E-state index in [-0.39, 0.29) is 47.3 Å². The van der Waals surface area contributed by atoms with E-state index >= 15 is 0 Å². The molecule has 1 amide bonds. The first kappa shape index (κ1) is 26.8. The Balaban J connectivity index is 1.39. The molecule has 1 aromatic carbocycles. The van der Waals surface area contributed by atoms with Gasteiger partial charge < -0.3 is 34.9 Å². The van der Waals surface area contributed by atoms with Gasteiger partial charge in [0.05, 0.1) is 16.9 Å². The smallest absolute Gasteiger partial charge is 0.361 e. The third kappa shape index (κ3) is 4.73. The minimum atomic E-state index is -0.778. The van der Waals surface area contributed by atoms with E-state index in [1.165, 1.54) is 4.90 Å². The average molecular weight is 562 g/mol. The summed E-state index contributed by atoms with van der Waals surface area (Å²) in [6.07, 6.45) is -0.0103. The Morgan fingerprint density at radius 3 is 2.66 bits per heavy atom. The molecule has 0 aliphatic carbocycles. The molecule has 1 aromatic rings. The number of hydrogen-bond acceptors (Lipinski definition) is 10. The van der Waals surface area contributed by atoms with Crippen LogP contribution in [0.4, 0.5) is 0 Å². The van der Waals surface area contributed by atoms with Crippen molar-refractivity contribution >= 4 is 46.8 Å². The van der Waals surface area contributed by atoms with Crippen molar-refractivity contribution in [2.45, 2.75) is 57.6 Å². The molecule has 204 valence electrons. The summed E-state index contributed by atoms with van der Waals surface area (Å²) in [4.78, 5) is 42.6. The van der Waals surface area contributed by atoms with Gasteiger partial charge >= 0.3 is 11.9 Å². The fourth-order valence-electron chi connectivity index (χ4n) is 5.20. The molecule has 12 heteroatoms. The van der Waals surface area contributed by atoms with Gasteiger partial charge in [0.1, 0.15) is 23.6 Å². The second-order valence-electron chi connectivity index (χ2n) is 10.3. The molecule has 0 unspecified atom stereocenters. The maximum atomic E-state index is 13.6. The maximum Gasteiger partial charge on any atom is 0.361 e. The predicted octanol–water partition coefficient (Wildman–Crippen LogP) is 2.35. The fourth-order valence-corrected chi connectivity index (χ4v) is 7.01. The number of ether oxygens (including phenoxy) is 4. The number of thioether (sulfide) groups is 1. The van der Waals surface area contributed by atoms with Gasteiger partial charge in [-0.3, -0.25) is 9.59 Å². The normalized spacial score (nSPS) is 27.2. The summed E-state index contributed by atoms with van der Waals surface area (Å²) in [5, 5.41) is 3.30. The van der Waals surface area contributed by atoms with Crippen molar-refractivity contribution in [3.63, 3.8) is 0 Å². The molecule has 6 atom stereocenters. The van der Waals surface area contributed by atoms with Gasteiger partial charge in [0.25, 0.3) is 0 Å². The number of fused-ring (bicyclic) bond motifs is 2. The number of hydrogen-bond donors (Lipinski definition) is 2. The van der Waals surface area contributed by atoms with E-state index in [2.05, 4.69) is 5.32 Å². The molecule has 4 aliphatic rings. The lowest BCUT2D eigenvalue weighted by Crippen LogP contribution is -2.64. The zero-order chi connectivity index (χ0) is 27.3. The summed E-state index contributed by atoms with van der Waals surface area (Å²) in [6, 6.07) is 3.75. The zero-order valence-corrected chi connectivity index (χ0v) is 23.2. The molecule has 2 fully saturated rings. The van der Waals surface area contributed by atoms with Gasteiger partial charge in [-0.05, 0) is 25.0 Å². The fraction of sp³-hybridized carbons (Fsp3) is 0.538. The summed E-state index contributed by atoms with van der Waals surface area (Å²) in [7, 11) is 0. The SMILES string of the molecule is CC(C)[C@H](N)C(=O)O[C@H](C)[C@H]1C(=O)N2C(C(=O)Oc3ccc4c(c3)OCO4)=C(S[C@H]3CNC(=S)C3)[C@H](C)[C@H]12. The Morgan fingerprint density at radius 2 is 1.97 bits per heavy atom. The standard InChI is InChI=1S/C26H31N3O7S2/c1-11(2)20(27)25(31)35-13(4)19-21-12(3)23(38-15-8-18(37)28-9-15)22(29(21)24(19)30)26(32)36-14-5-6-16-17(7-14)34-10-33-16/h5-7,11-13,15,19-21H,8-10,27H2,1-4H3,(H,28,37)/t12-,13-,15-,19-,20+,21-/m1/s1. The van der Waals surface area contributed by atoms with E-state index in [4.69, 9.17) is 36.9 Å². The van der Waals surface area contributed by atoms with Crippen molar-refractivity contribution in [2.24, 2.45) is 23.5 Å². The molecule has 5 rings (SSSR count). The van der Waals surface area contributed by atoms with Gasteiger partial charge in [0, 0.05) is 35.1 Å². The Labute approximate surface area is 230 Å². The minimum Gasteiger partial charge on any atom is -0.461 e. The second kappa shape index (κ2) is 10.4. The summed E-state index contributed by atoms with van der Waals surface area (Å²) >= 11 is 6.85. The minimum absolute atomic E-state index is 0.0954. The molecule has 2 saturated heterocycles. The number of amides is 1. The molecule has 0 spiro atoms. The maximum absolute atomic E-state index is 13.6. The lowest BCUT2D eigenvalue weighted by Gasteiger charge is -2.47. The monoisotopic (exact) mass is 561 g/mol. The van der Waals surface area contributed by atoms with Crippen molar-refractivity contribution in [3.05, 3.63) is 28.8 Å². The highest BCUT2D eigenvalue weighted by Gasteiger charge is 2.61. The number of rotatable bonds is 8. The Bertz CT molecular complexity index is 1220. The topological polar surface area (TPSA) is 129 Å². The number of esters is 2. The van der Waals surface area contributed by atoms with Crippen molar-refractivity contribution in [1.82, 2.24) is 10.2 Å². The Hall–Kier alpha value is -2.83. The van der Waals surface area contributed by atoms with E-state index in [1.54, 1.807) is 36.9 Å². The van der Waals surface area contributed by atoms with Crippen LogP contribution < -0.4 is 25.3 Å². The molecule has 0 radical (unpaired) electrons. The third-order valence-corrected chi connectivity index (χ3v) is 9.17. The van der Waals surface area contributed by atoms with Crippen LogP contribution in [0, 0.1) is 17.8 Å². The second-order valence-corrected chi connectivity index (χ2v) is 12.1. The molecule has 0 aromatic heterocycles. The van der Waals surface area contributed by atoms with Crippen LogP contribution in [0.2, 0.25) is 0 Å². The molecule has 38 heavy (non-hydrogen) atoms. The number of β-lactam (4-membered cyclic amide) rings is 1. The molecule has 0 bridgehead atoms. The first-order valence-corrected chi connectivity index (χ1v) is 13.9. The van der Waals surface area contributed by atoms with Gasteiger partial charge in [-0.1, -0.05) is 33.0 Å². The van der Waals surface area contributed by atoms with Gasteiger partial charge in [0.2, 0.25) is 12.7 Å². The molecule has 10 nitrogen and oxygen atoms in total. The molecule has 0 saturated carbocycles. The van der Waals surface area contributed by atoms with Gasteiger partial charge in [-0.15, -0.1) is 11.8 Å². The predicted molar refractivity (Wildman–Crippen MR) is 143 cm³/mol. The summed E-state index contributed by atoms with van der Waals surface area (Å²) in [5.41, 5.74) is 6.18. The quantitative estimate of drug-likeness (QED) is 0.210. The molecular weight excluding hydrogens is 530 g/mol. The van der Waals surface area contributed by atoms with E-state index in [9.17, 15) is 14.4 Å². The Morgan fingerprint density at radius 1 is 1.24 bits per heavy atom. The zero-order valence-electron chi connectivity index (χ0n) is 21.6. The van der Waals surface area contributed by atoms with E-state index in [1.807, 2.05) is 20.8 Å². The number of nitrogens with zero attached hydrogens (tertiary/aromatic N) is 1. The summed E-state index contributed by atoms with van der Waals surface area (Å²) in [6.45, 7) is 8.13. The van der Waals surface area contributed by atoms with Crippen molar-refractivity contribution in [1.29, 1.82) is 0 Å². The number of carbonyl (C=O) groups is 3. The van der Waals surface area contributed by atoms with Crippen LogP contribution in [0.1, 0.15) is 34.1 Å². The summed E-state index contributed by atoms with van der Waals surface area (Å²) in [5.74, 6) is -0.981. The van der Waals surface area contributed by atoms with Crippen LogP contribution in [0.25, 0.3) is 0 Å². The van der Waals surface area contributed by atoms with Crippen LogP contribution in [-0.4, -0.2) is 64.5 Å². The van der Waals surface area contributed by atoms with Crippen molar-refractivity contribution < 1.29 is 33.3 Å². The first-order chi connectivity index (χ1) is 18.1. The van der Waals surface area contributed by atoms with E-state index in [0.717, 1.165) is 9.89 Å².